The molecule has 1 N–H and O–H groups in total. The van der Waals surface area contributed by atoms with Gasteiger partial charge in [0.15, 0.2) is 0 Å². The van der Waals surface area contributed by atoms with Gasteiger partial charge in [-0.2, -0.15) is 0 Å². The molecule has 0 unspecified atom stereocenters. The Morgan fingerprint density at radius 1 is 1.07 bits per heavy atom. The molecule has 1 saturated heterocycles. The Hall–Kier alpha value is -2.82. The monoisotopic (exact) mass is 381 g/mol. The van der Waals surface area contributed by atoms with Crippen LogP contribution in [0.5, 0.6) is 5.75 Å². The predicted octanol–water partition coefficient (Wildman–Crippen LogP) is 3.73. The molecule has 1 fully saturated rings. The zero-order chi connectivity index (χ0) is 19.9. The van der Waals surface area contributed by atoms with E-state index < -0.39 is 11.9 Å². The van der Waals surface area contributed by atoms with Crippen molar-refractivity contribution in [3.63, 3.8) is 0 Å². The van der Waals surface area contributed by atoms with Gasteiger partial charge in [-0.3, -0.25) is 9.59 Å². The summed E-state index contributed by atoms with van der Waals surface area (Å²) in [7, 11) is 0. The topological polar surface area (TPSA) is 66.8 Å². The SMILES string of the molecule is CCCOc1ccc(CCC(=O)N2C[C@H](C(=O)O)[C@H](c3ccccc3)C2)cc1. The fourth-order valence-corrected chi connectivity index (χ4v) is 3.68. The third-order valence-electron chi connectivity index (χ3n) is 5.24. The second kappa shape index (κ2) is 9.40. The molecule has 1 amide bonds. The molecule has 1 aliphatic heterocycles. The lowest BCUT2D eigenvalue weighted by molar-refractivity contribution is -0.141. The number of amides is 1. The molecule has 5 heteroatoms. The number of ether oxygens (including phenoxy) is 1. The highest BCUT2D eigenvalue weighted by molar-refractivity contribution is 5.80. The van der Waals surface area contributed by atoms with E-state index in [0.717, 1.165) is 23.3 Å². The molecule has 0 saturated carbocycles. The van der Waals surface area contributed by atoms with E-state index >= 15 is 0 Å². The van der Waals surface area contributed by atoms with E-state index in [0.29, 0.717) is 26.0 Å². The van der Waals surface area contributed by atoms with Gasteiger partial charge in [-0.15, -0.1) is 0 Å². The summed E-state index contributed by atoms with van der Waals surface area (Å²) >= 11 is 0. The van der Waals surface area contributed by atoms with Gasteiger partial charge in [-0.1, -0.05) is 49.4 Å². The number of hydrogen-bond donors (Lipinski definition) is 1. The highest BCUT2D eigenvalue weighted by Crippen LogP contribution is 2.33. The first kappa shape index (κ1) is 19.9. The van der Waals surface area contributed by atoms with E-state index in [9.17, 15) is 14.7 Å². The minimum atomic E-state index is -0.841. The van der Waals surface area contributed by atoms with Gasteiger partial charge in [0.1, 0.15) is 5.75 Å². The van der Waals surface area contributed by atoms with Crippen LogP contribution in [0.25, 0.3) is 0 Å². The number of aliphatic carboxylic acids is 1. The molecule has 0 aliphatic carbocycles. The highest BCUT2D eigenvalue weighted by Gasteiger charge is 2.40. The van der Waals surface area contributed by atoms with Crippen LogP contribution in [0.4, 0.5) is 0 Å². The van der Waals surface area contributed by atoms with Crippen molar-refractivity contribution in [2.24, 2.45) is 5.92 Å². The zero-order valence-electron chi connectivity index (χ0n) is 16.2. The van der Waals surface area contributed by atoms with Crippen LogP contribution >= 0.6 is 0 Å². The summed E-state index contributed by atoms with van der Waals surface area (Å²) in [5.74, 6) is -0.701. The molecule has 2 atom stereocenters. The third-order valence-corrected chi connectivity index (χ3v) is 5.24. The minimum Gasteiger partial charge on any atom is -0.494 e. The number of aryl methyl sites for hydroxylation is 1. The Kier molecular flexibility index (Phi) is 6.69. The standard InChI is InChI=1S/C23H27NO4/c1-2-14-28-19-11-8-17(9-12-19)10-13-22(25)24-15-20(21(16-24)23(26)27)18-6-4-3-5-7-18/h3-9,11-12,20-21H,2,10,13-16H2,1H3,(H,26,27)/t20-,21-/m0/s1. The maximum atomic E-state index is 12.7. The van der Waals surface area contributed by atoms with Crippen LogP contribution in [0.3, 0.4) is 0 Å². The average Bonchev–Trinajstić information content (AvgIpc) is 3.18. The van der Waals surface area contributed by atoms with Crippen molar-refractivity contribution >= 4 is 11.9 Å². The summed E-state index contributed by atoms with van der Waals surface area (Å²) in [6.45, 7) is 3.50. The number of benzene rings is 2. The number of carbonyl (C=O) groups excluding carboxylic acids is 1. The molecule has 5 nitrogen and oxygen atoms in total. The average molecular weight is 381 g/mol. The lowest BCUT2D eigenvalue weighted by atomic mass is 9.89. The third kappa shape index (κ3) is 4.91. The largest absolute Gasteiger partial charge is 0.494 e. The maximum absolute atomic E-state index is 12.7. The van der Waals surface area contributed by atoms with Gasteiger partial charge in [0, 0.05) is 25.4 Å². The summed E-state index contributed by atoms with van der Waals surface area (Å²) in [5, 5.41) is 9.59. The Balaban J connectivity index is 1.58. The van der Waals surface area contributed by atoms with Crippen molar-refractivity contribution in [1.82, 2.24) is 4.90 Å². The first-order valence-corrected chi connectivity index (χ1v) is 9.85. The zero-order valence-corrected chi connectivity index (χ0v) is 16.2. The molecule has 0 radical (unpaired) electrons. The molecule has 2 aromatic rings. The Labute approximate surface area is 165 Å². The fraction of sp³-hybridized carbons (Fsp3) is 0.391. The molecular formula is C23H27NO4. The van der Waals surface area contributed by atoms with E-state index in [1.54, 1.807) is 4.90 Å². The van der Waals surface area contributed by atoms with E-state index in [1.165, 1.54) is 0 Å². The predicted molar refractivity (Wildman–Crippen MR) is 107 cm³/mol. The molecular weight excluding hydrogens is 354 g/mol. The van der Waals surface area contributed by atoms with Crippen LogP contribution in [-0.2, 0) is 16.0 Å². The molecule has 2 aromatic carbocycles. The van der Waals surface area contributed by atoms with Crippen molar-refractivity contribution in [2.75, 3.05) is 19.7 Å². The molecule has 0 spiro atoms. The van der Waals surface area contributed by atoms with Crippen LogP contribution in [0.1, 0.15) is 36.8 Å². The molecule has 1 aliphatic rings. The summed E-state index contributed by atoms with van der Waals surface area (Å²) < 4.78 is 5.57. The molecule has 28 heavy (non-hydrogen) atoms. The van der Waals surface area contributed by atoms with Crippen LogP contribution in [0, 0.1) is 5.92 Å². The summed E-state index contributed by atoms with van der Waals surface area (Å²) in [4.78, 5) is 26.1. The summed E-state index contributed by atoms with van der Waals surface area (Å²) in [6, 6.07) is 17.4. The molecule has 1 heterocycles. The first-order chi connectivity index (χ1) is 13.6. The van der Waals surface area contributed by atoms with Crippen molar-refractivity contribution in [3.05, 3.63) is 65.7 Å². The van der Waals surface area contributed by atoms with Gasteiger partial charge < -0.3 is 14.7 Å². The van der Waals surface area contributed by atoms with Gasteiger partial charge >= 0.3 is 5.97 Å². The number of carbonyl (C=O) groups is 2. The summed E-state index contributed by atoms with van der Waals surface area (Å²) in [5.41, 5.74) is 2.05. The number of carboxylic acids is 1. The van der Waals surface area contributed by atoms with Crippen LogP contribution in [0.2, 0.25) is 0 Å². The number of rotatable bonds is 8. The van der Waals surface area contributed by atoms with Gasteiger partial charge in [0.05, 0.1) is 12.5 Å². The Bertz CT molecular complexity index is 788. The highest BCUT2D eigenvalue weighted by atomic mass is 16.5. The van der Waals surface area contributed by atoms with Gasteiger partial charge in [0.2, 0.25) is 5.91 Å². The van der Waals surface area contributed by atoms with Crippen molar-refractivity contribution in [3.8, 4) is 5.75 Å². The molecule has 0 bridgehead atoms. The summed E-state index contributed by atoms with van der Waals surface area (Å²) in [6.07, 6.45) is 1.98. The number of nitrogens with zero attached hydrogens (tertiary/aromatic N) is 1. The van der Waals surface area contributed by atoms with Crippen molar-refractivity contribution in [2.45, 2.75) is 32.1 Å². The van der Waals surface area contributed by atoms with E-state index in [1.807, 2.05) is 54.6 Å². The van der Waals surface area contributed by atoms with Crippen LogP contribution < -0.4 is 4.74 Å². The van der Waals surface area contributed by atoms with Gasteiger partial charge in [0.25, 0.3) is 0 Å². The normalized spacial score (nSPS) is 18.8. The fourth-order valence-electron chi connectivity index (χ4n) is 3.68. The number of likely N-dealkylation sites (tertiary alicyclic amines) is 1. The second-order valence-corrected chi connectivity index (χ2v) is 7.25. The van der Waals surface area contributed by atoms with Gasteiger partial charge in [-0.05, 0) is 36.1 Å². The number of hydrogen-bond acceptors (Lipinski definition) is 3. The van der Waals surface area contributed by atoms with Crippen LogP contribution in [0.15, 0.2) is 54.6 Å². The van der Waals surface area contributed by atoms with Crippen molar-refractivity contribution in [1.29, 1.82) is 0 Å². The molecule has 148 valence electrons. The Morgan fingerprint density at radius 2 is 1.79 bits per heavy atom. The van der Waals surface area contributed by atoms with Crippen molar-refractivity contribution < 1.29 is 19.4 Å². The Morgan fingerprint density at radius 3 is 2.43 bits per heavy atom. The molecule has 0 aromatic heterocycles. The van der Waals surface area contributed by atoms with E-state index in [2.05, 4.69) is 6.92 Å². The maximum Gasteiger partial charge on any atom is 0.308 e. The lowest BCUT2D eigenvalue weighted by Crippen LogP contribution is -2.30. The van der Waals surface area contributed by atoms with Gasteiger partial charge in [-0.25, -0.2) is 0 Å². The minimum absolute atomic E-state index is 0.0102. The quantitative estimate of drug-likeness (QED) is 0.757. The van der Waals surface area contributed by atoms with E-state index in [4.69, 9.17) is 4.74 Å². The first-order valence-electron chi connectivity index (χ1n) is 9.85. The smallest absolute Gasteiger partial charge is 0.308 e. The second-order valence-electron chi connectivity index (χ2n) is 7.25. The van der Waals surface area contributed by atoms with Crippen LogP contribution in [-0.4, -0.2) is 41.6 Å². The molecule has 3 rings (SSSR count). The van der Waals surface area contributed by atoms with E-state index in [-0.39, 0.29) is 18.4 Å². The lowest BCUT2D eigenvalue weighted by Gasteiger charge is -2.16. The number of carboxylic acid groups (broad SMARTS) is 1.